The van der Waals surface area contributed by atoms with Gasteiger partial charge in [-0.1, -0.05) is 42.6 Å². The van der Waals surface area contributed by atoms with E-state index in [9.17, 15) is 4.79 Å². The first-order valence-corrected chi connectivity index (χ1v) is 8.20. The van der Waals surface area contributed by atoms with E-state index in [1.54, 1.807) is 12.4 Å². The Morgan fingerprint density at radius 2 is 1.87 bits per heavy atom. The quantitative estimate of drug-likeness (QED) is 0.881. The van der Waals surface area contributed by atoms with Gasteiger partial charge in [0.2, 0.25) is 5.95 Å². The van der Waals surface area contributed by atoms with E-state index in [0.29, 0.717) is 29.1 Å². The molecule has 120 valence electrons. The molecule has 0 atom stereocenters. The molecule has 23 heavy (non-hydrogen) atoms. The molecule has 0 aliphatic heterocycles. The zero-order valence-corrected chi connectivity index (χ0v) is 13.5. The van der Waals surface area contributed by atoms with Gasteiger partial charge in [0, 0.05) is 30.0 Å². The standard InChI is InChI=1S/C17H19ClN4O/c18-15-8-4-1-5-12(15)9-19-17-20-10-13(11-21-17)16(23)22-14-6-2-3-7-14/h1,4-5,8,10-11,14H,2-3,6-7,9H2,(H,22,23)(H,19,20,21). The first kappa shape index (κ1) is 15.7. The van der Waals surface area contributed by atoms with Crippen LogP contribution in [0.5, 0.6) is 0 Å². The Kier molecular flexibility index (Phi) is 5.08. The van der Waals surface area contributed by atoms with Crippen molar-refractivity contribution in [2.24, 2.45) is 0 Å². The molecule has 1 aromatic heterocycles. The molecular weight excluding hydrogens is 312 g/mol. The van der Waals surface area contributed by atoms with Crippen LogP contribution in [0.4, 0.5) is 5.95 Å². The topological polar surface area (TPSA) is 66.9 Å². The minimum Gasteiger partial charge on any atom is -0.350 e. The second kappa shape index (κ2) is 7.42. The largest absolute Gasteiger partial charge is 0.350 e. The molecule has 1 aliphatic carbocycles. The molecule has 5 nitrogen and oxygen atoms in total. The first-order valence-electron chi connectivity index (χ1n) is 7.82. The van der Waals surface area contributed by atoms with E-state index in [1.807, 2.05) is 24.3 Å². The minimum absolute atomic E-state index is 0.102. The second-order valence-corrected chi connectivity index (χ2v) is 6.10. The predicted octanol–water partition coefficient (Wildman–Crippen LogP) is 3.41. The van der Waals surface area contributed by atoms with Crippen molar-refractivity contribution in [1.82, 2.24) is 15.3 Å². The van der Waals surface area contributed by atoms with Crippen LogP contribution >= 0.6 is 11.6 Å². The van der Waals surface area contributed by atoms with Crippen LogP contribution in [0.2, 0.25) is 5.02 Å². The molecule has 0 saturated heterocycles. The summed E-state index contributed by atoms with van der Waals surface area (Å²) in [7, 11) is 0. The van der Waals surface area contributed by atoms with Crippen molar-refractivity contribution in [3.8, 4) is 0 Å². The summed E-state index contributed by atoms with van der Waals surface area (Å²) in [5.74, 6) is 0.372. The summed E-state index contributed by atoms with van der Waals surface area (Å²) in [4.78, 5) is 20.5. The highest BCUT2D eigenvalue weighted by molar-refractivity contribution is 6.31. The minimum atomic E-state index is -0.102. The lowest BCUT2D eigenvalue weighted by atomic mass is 10.2. The number of aromatic nitrogens is 2. The number of nitrogens with one attached hydrogen (secondary N) is 2. The summed E-state index contributed by atoms with van der Waals surface area (Å²) in [6, 6.07) is 7.90. The second-order valence-electron chi connectivity index (χ2n) is 5.70. The van der Waals surface area contributed by atoms with Crippen LogP contribution in [0.3, 0.4) is 0 Å². The van der Waals surface area contributed by atoms with Gasteiger partial charge >= 0.3 is 0 Å². The van der Waals surface area contributed by atoms with E-state index in [1.165, 1.54) is 12.8 Å². The number of halogens is 1. The fourth-order valence-corrected chi connectivity index (χ4v) is 2.89. The zero-order valence-electron chi connectivity index (χ0n) is 12.8. The van der Waals surface area contributed by atoms with Gasteiger partial charge in [-0.2, -0.15) is 0 Å². The van der Waals surface area contributed by atoms with Crippen molar-refractivity contribution in [3.05, 3.63) is 52.8 Å². The van der Waals surface area contributed by atoms with Crippen LogP contribution in [0.1, 0.15) is 41.6 Å². The average Bonchev–Trinajstić information content (AvgIpc) is 3.07. The van der Waals surface area contributed by atoms with Crippen molar-refractivity contribution >= 4 is 23.5 Å². The summed E-state index contributed by atoms with van der Waals surface area (Å²) >= 11 is 6.10. The Morgan fingerprint density at radius 3 is 2.57 bits per heavy atom. The Bertz CT molecular complexity index is 669. The maximum atomic E-state index is 12.1. The molecule has 1 heterocycles. The highest BCUT2D eigenvalue weighted by Gasteiger charge is 2.18. The van der Waals surface area contributed by atoms with Crippen LogP contribution < -0.4 is 10.6 Å². The van der Waals surface area contributed by atoms with E-state index in [-0.39, 0.29) is 5.91 Å². The van der Waals surface area contributed by atoms with E-state index >= 15 is 0 Å². The lowest BCUT2D eigenvalue weighted by Crippen LogP contribution is -2.32. The van der Waals surface area contributed by atoms with Gasteiger partial charge in [-0.15, -0.1) is 0 Å². The smallest absolute Gasteiger partial charge is 0.254 e. The normalized spacial score (nSPS) is 14.7. The lowest BCUT2D eigenvalue weighted by molar-refractivity contribution is 0.0937. The summed E-state index contributed by atoms with van der Waals surface area (Å²) in [6.45, 7) is 0.535. The molecule has 0 radical (unpaired) electrons. The molecular formula is C17H19ClN4O. The molecule has 1 fully saturated rings. The van der Waals surface area contributed by atoms with Gasteiger partial charge < -0.3 is 10.6 Å². The first-order chi connectivity index (χ1) is 11.2. The third-order valence-corrected chi connectivity index (χ3v) is 4.37. The Hall–Kier alpha value is -2.14. The van der Waals surface area contributed by atoms with Crippen molar-refractivity contribution < 1.29 is 4.79 Å². The summed E-state index contributed by atoms with van der Waals surface area (Å²) in [5.41, 5.74) is 1.46. The third-order valence-electron chi connectivity index (χ3n) is 4.00. The maximum absolute atomic E-state index is 12.1. The van der Waals surface area contributed by atoms with Crippen LogP contribution in [0, 0.1) is 0 Å². The summed E-state index contributed by atoms with van der Waals surface area (Å²) < 4.78 is 0. The van der Waals surface area contributed by atoms with Crippen LogP contribution in [0.15, 0.2) is 36.7 Å². The fraction of sp³-hybridized carbons (Fsp3) is 0.353. The third kappa shape index (κ3) is 4.20. The van der Waals surface area contributed by atoms with E-state index < -0.39 is 0 Å². The van der Waals surface area contributed by atoms with Gasteiger partial charge in [0.05, 0.1) is 5.56 Å². The van der Waals surface area contributed by atoms with Crippen molar-refractivity contribution in [1.29, 1.82) is 0 Å². The van der Waals surface area contributed by atoms with E-state index in [2.05, 4.69) is 20.6 Å². The number of hydrogen-bond donors (Lipinski definition) is 2. The van der Waals surface area contributed by atoms with Crippen molar-refractivity contribution in [3.63, 3.8) is 0 Å². The number of carbonyl (C=O) groups excluding carboxylic acids is 1. The molecule has 2 aromatic rings. The highest BCUT2D eigenvalue weighted by atomic mass is 35.5. The van der Waals surface area contributed by atoms with Crippen molar-refractivity contribution in [2.45, 2.75) is 38.3 Å². The fourth-order valence-electron chi connectivity index (χ4n) is 2.69. The van der Waals surface area contributed by atoms with Gasteiger partial charge in [-0.3, -0.25) is 4.79 Å². The zero-order chi connectivity index (χ0) is 16.1. The monoisotopic (exact) mass is 330 g/mol. The number of hydrogen-bond acceptors (Lipinski definition) is 4. The molecule has 3 rings (SSSR count). The number of benzene rings is 1. The Morgan fingerprint density at radius 1 is 1.17 bits per heavy atom. The van der Waals surface area contributed by atoms with Crippen LogP contribution in [0.25, 0.3) is 0 Å². The Labute approximate surface area is 140 Å². The van der Waals surface area contributed by atoms with Gasteiger partial charge in [-0.25, -0.2) is 9.97 Å². The molecule has 1 saturated carbocycles. The Balaban J connectivity index is 1.56. The van der Waals surface area contributed by atoms with Crippen molar-refractivity contribution in [2.75, 3.05) is 5.32 Å². The predicted molar refractivity (Wildman–Crippen MR) is 90.5 cm³/mol. The molecule has 0 unspecified atom stereocenters. The van der Waals surface area contributed by atoms with Gasteiger partial charge in [-0.05, 0) is 24.5 Å². The average molecular weight is 331 g/mol. The van der Waals surface area contributed by atoms with Crippen LogP contribution in [-0.2, 0) is 6.54 Å². The van der Waals surface area contributed by atoms with E-state index in [4.69, 9.17) is 11.6 Å². The summed E-state index contributed by atoms with van der Waals surface area (Å²) in [5, 5.41) is 6.83. The molecule has 2 N–H and O–H groups in total. The molecule has 1 amide bonds. The lowest BCUT2D eigenvalue weighted by Gasteiger charge is -2.11. The SMILES string of the molecule is O=C(NC1CCCC1)c1cnc(NCc2ccccc2Cl)nc1. The summed E-state index contributed by atoms with van der Waals surface area (Å²) in [6.07, 6.45) is 7.59. The molecule has 0 spiro atoms. The molecule has 1 aromatic carbocycles. The number of rotatable bonds is 5. The molecule has 6 heteroatoms. The van der Waals surface area contributed by atoms with Gasteiger partial charge in [0.1, 0.15) is 0 Å². The van der Waals surface area contributed by atoms with Gasteiger partial charge in [0.25, 0.3) is 5.91 Å². The molecule has 1 aliphatic rings. The maximum Gasteiger partial charge on any atom is 0.254 e. The number of amides is 1. The van der Waals surface area contributed by atoms with Crippen LogP contribution in [-0.4, -0.2) is 21.9 Å². The highest BCUT2D eigenvalue weighted by Crippen LogP contribution is 2.18. The van der Waals surface area contributed by atoms with Gasteiger partial charge in [0.15, 0.2) is 0 Å². The van der Waals surface area contributed by atoms with E-state index in [0.717, 1.165) is 18.4 Å². The number of anilines is 1. The molecule has 0 bridgehead atoms. The number of carbonyl (C=O) groups is 1. The number of nitrogens with zero attached hydrogens (tertiary/aromatic N) is 2.